The van der Waals surface area contributed by atoms with Gasteiger partial charge >= 0.3 is 0 Å². The highest BCUT2D eigenvalue weighted by Crippen LogP contribution is 2.21. The molecule has 0 radical (unpaired) electrons. The third-order valence-corrected chi connectivity index (χ3v) is 4.76. The molecule has 1 aromatic heterocycles. The SMILES string of the molecule is Cc1nc(CN2CCC(N3CCCC3)CC2)[nH]c1C. The number of aromatic nitrogens is 2. The van der Waals surface area contributed by atoms with Gasteiger partial charge in [-0.3, -0.25) is 4.90 Å². The molecule has 4 nitrogen and oxygen atoms in total. The van der Waals surface area contributed by atoms with Crippen LogP contribution < -0.4 is 0 Å². The maximum Gasteiger partial charge on any atom is 0.120 e. The molecule has 0 bridgehead atoms. The van der Waals surface area contributed by atoms with Crippen molar-refractivity contribution in [3.8, 4) is 0 Å². The van der Waals surface area contributed by atoms with E-state index >= 15 is 0 Å². The lowest BCUT2D eigenvalue weighted by Gasteiger charge is -2.36. The van der Waals surface area contributed by atoms with E-state index in [-0.39, 0.29) is 0 Å². The standard InChI is InChI=1S/C15H26N4/c1-12-13(2)17-15(16-12)11-18-9-5-14(6-10-18)19-7-3-4-8-19/h14H,3-11H2,1-2H3,(H,16,17). The van der Waals surface area contributed by atoms with E-state index in [9.17, 15) is 0 Å². The number of nitrogens with zero attached hydrogens (tertiary/aromatic N) is 3. The van der Waals surface area contributed by atoms with Crippen molar-refractivity contribution in [1.82, 2.24) is 19.8 Å². The average molecular weight is 262 g/mol. The zero-order chi connectivity index (χ0) is 13.2. The Labute approximate surface area is 116 Å². The Balaban J connectivity index is 1.49. The van der Waals surface area contributed by atoms with Crippen molar-refractivity contribution in [2.75, 3.05) is 26.2 Å². The largest absolute Gasteiger partial charge is 0.345 e. The van der Waals surface area contributed by atoms with Crippen molar-refractivity contribution in [3.05, 3.63) is 17.2 Å². The van der Waals surface area contributed by atoms with Gasteiger partial charge in [0.2, 0.25) is 0 Å². The predicted octanol–water partition coefficient (Wildman–Crippen LogP) is 2.09. The number of H-pyrrole nitrogens is 1. The van der Waals surface area contributed by atoms with E-state index in [1.165, 1.54) is 57.6 Å². The van der Waals surface area contributed by atoms with E-state index in [2.05, 4.69) is 33.6 Å². The van der Waals surface area contributed by atoms with Crippen molar-refractivity contribution in [3.63, 3.8) is 0 Å². The van der Waals surface area contributed by atoms with Crippen LogP contribution in [0.3, 0.4) is 0 Å². The van der Waals surface area contributed by atoms with E-state index in [0.717, 1.165) is 24.1 Å². The second-order valence-electron chi connectivity index (χ2n) is 6.14. The lowest BCUT2D eigenvalue weighted by molar-refractivity contribution is 0.121. The smallest absolute Gasteiger partial charge is 0.120 e. The zero-order valence-corrected chi connectivity index (χ0v) is 12.3. The van der Waals surface area contributed by atoms with Crippen molar-refractivity contribution < 1.29 is 0 Å². The van der Waals surface area contributed by atoms with Gasteiger partial charge in [0.1, 0.15) is 5.82 Å². The molecule has 2 fully saturated rings. The molecular weight excluding hydrogens is 236 g/mol. The minimum Gasteiger partial charge on any atom is -0.345 e. The Kier molecular flexibility index (Phi) is 3.89. The normalized spacial score (nSPS) is 23.3. The summed E-state index contributed by atoms with van der Waals surface area (Å²) in [6.07, 6.45) is 5.48. The minimum absolute atomic E-state index is 0.846. The van der Waals surface area contributed by atoms with E-state index in [1.807, 2.05) is 0 Å². The Bertz CT molecular complexity index is 392. The molecule has 0 atom stereocenters. The van der Waals surface area contributed by atoms with Crippen LogP contribution in [0.2, 0.25) is 0 Å². The fourth-order valence-electron chi connectivity index (χ4n) is 3.46. The monoisotopic (exact) mass is 262 g/mol. The molecule has 1 aromatic rings. The predicted molar refractivity (Wildman–Crippen MR) is 77.2 cm³/mol. The maximum atomic E-state index is 4.59. The zero-order valence-electron chi connectivity index (χ0n) is 12.3. The summed E-state index contributed by atoms with van der Waals surface area (Å²) in [6, 6.07) is 0.846. The van der Waals surface area contributed by atoms with Gasteiger partial charge in [-0.15, -0.1) is 0 Å². The van der Waals surface area contributed by atoms with Gasteiger partial charge in [0.25, 0.3) is 0 Å². The molecule has 19 heavy (non-hydrogen) atoms. The second-order valence-corrected chi connectivity index (χ2v) is 6.14. The number of imidazole rings is 1. The van der Waals surface area contributed by atoms with E-state index in [1.54, 1.807) is 0 Å². The lowest BCUT2D eigenvalue weighted by Crippen LogP contribution is -2.43. The number of aromatic amines is 1. The van der Waals surface area contributed by atoms with Crippen LogP contribution in [-0.2, 0) is 6.54 Å². The molecule has 2 aliphatic heterocycles. The number of rotatable bonds is 3. The highest BCUT2D eigenvalue weighted by Gasteiger charge is 2.26. The van der Waals surface area contributed by atoms with Gasteiger partial charge in [-0.05, 0) is 52.6 Å². The Morgan fingerprint density at radius 2 is 1.79 bits per heavy atom. The van der Waals surface area contributed by atoms with Crippen LogP contribution in [0.1, 0.15) is 42.9 Å². The summed E-state index contributed by atoms with van der Waals surface area (Å²) >= 11 is 0. The second kappa shape index (κ2) is 5.63. The maximum absolute atomic E-state index is 4.59. The van der Waals surface area contributed by atoms with Gasteiger partial charge in [-0.1, -0.05) is 0 Å². The lowest BCUT2D eigenvalue weighted by atomic mass is 10.0. The molecule has 0 aromatic carbocycles. The molecule has 2 saturated heterocycles. The van der Waals surface area contributed by atoms with Crippen LogP contribution in [0.4, 0.5) is 0 Å². The summed E-state index contributed by atoms with van der Waals surface area (Å²) in [4.78, 5) is 13.2. The molecule has 4 heteroatoms. The van der Waals surface area contributed by atoms with Crippen LogP contribution in [0.15, 0.2) is 0 Å². The van der Waals surface area contributed by atoms with Gasteiger partial charge in [0.05, 0.1) is 12.2 Å². The quantitative estimate of drug-likeness (QED) is 0.906. The summed E-state index contributed by atoms with van der Waals surface area (Å²) in [6.45, 7) is 10.3. The highest BCUT2D eigenvalue weighted by atomic mass is 15.2. The molecule has 1 N–H and O–H groups in total. The number of piperidine rings is 1. The first-order valence-electron chi connectivity index (χ1n) is 7.71. The van der Waals surface area contributed by atoms with Gasteiger partial charge < -0.3 is 9.88 Å². The van der Waals surface area contributed by atoms with E-state index < -0.39 is 0 Å². The molecule has 3 rings (SSSR count). The summed E-state index contributed by atoms with van der Waals surface area (Å²) < 4.78 is 0. The number of nitrogens with one attached hydrogen (secondary N) is 1. The number of aryl methyl sites for hydroxylation is 2. The first-order chi connectivity index (χ1) is 9.22. The molecule has 106 valence electrons. The van der Waals surface area contributed by atoms with Crippen molar-refractivity contribution in [2.24, 2.45) is 0 Å². The van der Waals surface area contributed by atoms with Crippen LogP contribution in [0.5, 0.6) is 0 Å². The van der Waals surface area contributed by atoms with Crippen molar-refractivity contribution in [2.45, 2.75) is 52.1 Å². The van der Waals surface area contributed by atoms with Crippen LogP contribution >= 0.6 is 0 Å². The van der Waals surface area contributed by atoms with Gasteiger partial charge in [0.15, 0.2) is 0 Å². The van der Waals surface area contributed by atoms with Crippen molar-refractivity contribution in [1.29, 1.82) is 0 Å². The molecule has 0 spiro atoms. The summed E-state index contributed by atoms with van der Waals surface area (Å²) in [5.41, 5.74) is 2.35. The van der Waals surface area contributed by atoms with Crippen LogP contribution in [0, 0.1) is 13.8 Å². The fraction of sp³-hybridized carbons (Fsp3) is 0.800. The summed E-state index contributed by atoms with van der Waals surface area (Å²) in [5, 5.41) is 0. The highest BCUT2D eigenvalue weighted by molar-refractivity contribution is 5.10. The third-order valence-electron chi connectivity index (χ3n) is 4.76. The summed E-state index contributed by atoms with van der Waals surface area (Å²) in [7, 11) is 0. The van der Waals surface area contributed by atoms with Gasteiger partial charge in [-0.25, -0.2) is 4.98 Å². The van der Waals surface area contributed by atoms with Crippen LogP contribution in [-0.4, -0.2) is 52.0 Å². The molecule has 2 aliphatic rings. The molecule has 0 amide bonds. The summed E-state index contributed by atoms with van der Waals surface area (Å²) in [5.74, 6) is 1.13. The molecule has 0 aliphatic carbocycles. The van der Waals surface area contributed by atoms with E-state index in [4.69, 9.17) is 0 Å². The third kappa shape index (κ3) is 3.00. The van der Waals surface area contributed by atoms with Crippen LogP contribution in [0.25, 0.3) is 0 Å². The van der Waals surface area contributed by atoms with Gasteiger partial charge in [0, 0.05) is 24.8 Å². The van der Waals surface area contributed by atoms with Crippen molar-refractivity contribution >= 4 is 0 Å². The first kappa shape index (κ1) is 13.1. The molecule has 0 unspecified atom stereocenters. The minimum atomic E-state index is 0.846. The number of likely N-dealkylation sites (tertiary alicyclic amines) is 2. The Morgan fingerprint density at radius 3 is 2.37 bits per heavy atom. The molecule has 3 heterocycles. The van der Waals surface area contributed by atoms with E-state index in [0.29, 0.717) is 0 Å². The molecular formula is C15H26N4. The van der Waals surface area contributed by atoms with Gasteiger partial charge in [-0.2, -0.15) is 0 Å². The Morgan fingerprint density at radius 1 is 1.11 bits per heavy atom. The molecule has 0 saturated carbocycles. The number of hydrogen-bond acceptors (Lipinski definition) is 3. The fourth-order valence-corrected chi connectivity index (χ4v) is 3.46. The topological polar surface area (TPSA) is 35.2 Å². The first-order valence-corrected chi connectivity index (χ1v) is 7.71. The number of hydrogen-bond donors (Lipinski definition) is 1. The average Bonchev–Trinajstić information content (AvgIpc) is 3.02. The Hall–Kier alpha value is -0.870.